The van der Waals surface area contributed by atoms with E-state index in [9.17, 15) is 9.59 Å². The van der Waals surface area contributed by atoms with Crippen LogP contribution in [0.1, 0.15) is 42.6 Å². The molecule has 1 unspecified atom stereocenters. The highest BCUT2D eigenvalue weighted by Crippen LogP contribution is 2.38. The van der Waals surface area contributed by atoms with Gasteiger partial charge in [-0.15, -0.1) is 0 Å². The van der Waals surface area contributed by atoms with Crippen molar-refractivity contribution in [2.45, 2.75) is 38.1 Å². The van der Waals surface area contributed by atoms with Crippen molar-refractivity contribution in [1.29, 1.82) is 0 Å². The van der Waals surface area contributed by atoms with E-state index in [-0.39, 0.29) is 17.8 Å². The van der Waals surface area contributed by atoms with Crippen LogP contribution in [0.4, 0.5) is 27.8 Å². The van der Waals surface area contributed by atoms with Gasteiger partial charge in [0.05, 0.1) is 12.2 Å². The third kappa shape index (κ3) is 5.19. The number of rotatable bonds is 6. The molecule has 4 saturated heterocycles. The first kappa shape index (κ1) is 25.7. The van der Waals surface area contributed by atoms with Gasteiger partial charge in [-0.1, -0.05) is 0 Å². The number of carbonyl (C=O) groups excluding carboxylic acids is 2. The van der Waals surface area contributed by atoms with Crippen LogP contribution in [0, 0.1) is 5.41 Å². The summed E-state index contributed by atoms with van der Waals surface area (Å²) in [6.45, 7) is 7.45. The second-order valence-electron chi connectivity index (χ2n) is 11.5. The number of benzene rings is 1. The number of primary amides is 1. The van der Waals surface area contributed by atoms with Gasteiger partial charge in [-0.05, 0) is 68.3 Å². The summed E-state index contributed by atoms with van der Waals surface area (Å²) in [5.41, 5.74) is 8.27. The topological polar surface area (TPSA) is 123 Å². The van der Waals surface area contributed by atoms with Gasteiger partial charge in [-0.2, -0.15) is 0 Å². The number of piperidine rings is 2. The average molecular weight is 534 g/mol. The Morgan fingerprint density at radius 3 is 2.54 bits per heavy atom. The summed E-state index contributed by atoms with van der Waals surface area (Å²) in [5, 5.41) is 6.82. The maximum atomic E-state index is 12.5. The number of nitrogens with two attached hydrogens (primary N) is 1. The second kappa shape index (κ2) is 10.5. The van der Waals surface area contributed by atoms with Gasteiger partial charge in [0, 0.05) is 64.2 Å². The molecule has 1 aromatic carbocycles. The van der Waals surface area contributed by atoms with Gasteiger partial charge < -0.3 is 36.0 Å². The zero-order chi connectivity index (χ0) is 27.0. The van der Waals surface area contributed by atoms with Crippen molar-refractivity contribution < 1.29 is 9.59 Å². The van der Waals surface area contributed by atoms with Gasteiger partial charge in [0.1, 0.15) is 5.82 Å². The van der Waals surface area contributed by atoms with Gasteiger partial charge in [0.2, 0.25) is 0 Å². The van der Waals surface area contributed by atoms with Crippen LogP contribution in [0.15, 0.2) is 30.5 Å². The Labute approximate surface area is 229 Å². The van der Waals surface area contributed by atoms with E-state index in [2.05, 4.69) is 37.6 Å². The maximum Gasteiger partial charge on any atom is 0.320 e. The van der Waals surface area contributed by atoms with E-state index in [1.807, 2.05) is 24.1 Å². The summed E-state index contributed by atoms with van der Waals surface area (Å²) in [6, 6.07) is 8.49. The zero-order valence-corrected chi connectivity index (χ0v) is 22.7. The molecule has 4 fully saturated rings. The lowest BCUT2D eigenvalue weighted by molar-refractivity contribution is 0.0996. The van der Waals surface area contributed by atoms with E-state index in [4.69, 9.17) is 10.7 Å². The van der Waals surface area contributed by atoms with E-state index in [0.29, 0.717) is 23.6 Å². The number of anilines is 4. The fourth-order valence-corrected chi connectivity index (χ4v) is 6.58. The number of carbonyl (C=O) groups is 2. The number of hydrogen-bond donors (Lipinski definition) is 3. The Morgan fingerprint density at radius 1 is 1.08 bits per heavy atom. The second-order valence-corrected chi connectivity index (χ2v) is 11.5. The molecule has 0 saturated carbocycles. The molecule has 1 spiro atoms. The summed E-state index contributed by atoms with van der Waals surface area (Å²) in [7, 11) is 1.84. The highest BCUT2D eigenvalue weighted by atomic mass is 16.2. The minimum atomic E-state index is -0.626. The molecule has 11 heteroatoms. The van der Waals surface area contributed by atoms with Crippen molar-refractivity contribution in [2.75, 3.05) is 74.5 Å². The summed E-state index contributed by atoms with van der Waals surface area (Å²) < 4.78 is 0. The molecular weight excluding hydrogens is 494 g/mol. The van der Waals surface area contributed by atoms with Gasteiger partial charge in [0.15, 0.2) is 11.5 Å². The minimum absolute atomic E-state index is 0.0856. The first-order valence-electron chi connectivity index (χ1n) is 14.2. The molecule has 0 radical (unpaired) electrons. The maximum absolute atomic E-state index is 12.5. The first-order chi connectivity index (χ1) is 18.9. The Hall–Kier alpha value is -3.60. The zero-order valence-electron chi connectivity index (χ0n) is 22.7. The molecule has 2 aromatic rings. The summed E-state index contributed by atoms with van der Waals surface area (Å²) >= 11 is 0. The first-order valence-corrected chi connectivity index (χ1v) is 14.2. The van der Waals surface area contributed by atoms with Crippen molar-refractivity contribution in [1.82, 2.24) is 25.1 Å². The van der Waals surface area contributed by atoms with Crippen LogP contribution in [0.5, 0.6) is 0 Å². The Morgan fingerprint density at radius 2 is 1.87 bits per heavy atom. The van der Waals surface area contributed by atoms with Gasteiger partial charge in [-0.3, -0.25) is 4.79 Å². The van der Waals surface area contributed by atoms with Gasteiger partial charge in [0.25, 0.3) is 5.91 Å². The van der Waals surface area contributed by atoms with E-state index < -0.39 is 5.91 Å². The highest BCUT2D eigenvalue weighted by Gasteiger charge is 2.37. The molecule has 11 nitrogen and oxygen atoms in total. The third-order valence-electron chi connectivity index (χ3n) is 9.05. The molecule has 4 N–H and O–H groups in total. The van der Waals surface area contributed by atoms with Crippen LogP contribution < -0.4 is 26.2 Å². The number of nitrogens with zero attached hydrogens (tertiary/aromatic N) is 6. The van der Waals surface area contributed by atoms with Crippen LogP contribution in [0.25, 0.3) is 0 Å². The lowest BCUT2D eigenvalue weighted by Crippen LogP contribution is -2.49. The van der Waals surface area contributed by atoms with Crippen molar-refractivity contribution in [3.8, 4) is 0 Å². The quantitative estimate of drug-likeness (QED) is 0.517. The molecule has 1 aromatic heterocycles. The Bertz CT molecular complexity index is 1200. The fourth-order valence-electron chi connectivity index (χ4n) is 6.58. The number of aromatic nitrogens is 2. The van der Waals surface area contributed by atoms with Crippen LogP contribution in [-0.4, -0.2) is 97.2 Å². The van der Waals surface area contributed by atoms with Crippen molar-refractivity contribution >= 4 is 34.9 Å². The van der Waals surface area contributed by atoms with Gasteiger partial charge in [-0.25, -0.2) is 14.8 Å². The van der Waals surface area contributed by atoms with E-state index in [1.165, 1.54) is 24.9 Å². The lowest BCUT2D eigenvalue weighted by Gasteiger charge is -2.40. The number of amides is 3. The fraction of sp³-hybridized carbons (Fsp3) is 0.571. The summed E-state index contributed by atoms with van der Waals surface area (Å²) in [6.07, 6.45) is 7.27. The molecule has 3 amide bonds. The molecule has 208 valence electrons. The van der Waals surface area contributed by atoms with Gasteiger partial charge >= 0.3 is 6.03 Å². The lowest BCUT2D eigenvalue weighted by atomic mass is 9.78. The van der Waals surface area contributed by atoms with E-state index in [1.54, 1.807) is 11.1 Å². The largest absolute Gasteiger partial charge is 0.371 e. The normalized spacial score (nSPS) is 23.1. The number of hydrogen-bond acceptors (Lipinski definition) is 8. The third-order valence-corrected chi connectivity index (χ3v) is 9.05. The molecule has 39 heavy (non-hydrogen) atoms. The van der Waals surface area contributed by atoms with E-state index >= 15 is 0 Å². The number of nitrogens with one attached hydrogen (secondary N) is 2. The van der Waals surface area contributed by atoms with Crippen molar-refractivity contribution in [2.24, 2.45) is 11.1 Å². The van der Waals surface area contributed by atoms with Crippen LogP contribution >= 0.6 is 0 Å². The Kier molecular flexibility index (Phi) is 6.92. The number of likely N-dealkylation sites (N-methyl/N-ethyl adjacent to an activating group) is 1. The van der Waals surface area contributed by atoms with Crippen molar-refractivity contribution in [3.63, 3.8) is 0 Å². The summed E-state index contributed by atoms with van der Waals surface area (Å²) in [4.78, 5) is 42.2. The highest BCUT2D eigenvalue weighted by molar-refractivity contribution is 5.96. The molecule has 0 bridgehead atoms. The smallest absolute Gasteiger partial charge is 0.320 e. The van der Waals surface area contributed by atoms with Crippen LogP contribution in [0.3, 0.4) is 0 Å². The minimum Gasteiger partial charge on any atom is -0.371 e. The van der Waals surface area contributed by atoms with Crippen LogP contribution in [-0.2, 0) is 0 Å². The predicted octanol–water partition coefficient (Wildman–Crippen LogP) is 2.24. The molecular formula is C28H39N9O2. The van der Waals surface area contributed by atoms with E-state index in [0.717, 1.165) is 64.3 Å². The monoisotopic (exact) mass is 533 g/mol. The predicted molar refractivity (Wildman–Crippen MR) is 152 cm³/mol. The molecule has 4 aliphatic heterocycles. The standard InChI is InChI=1S/C28H39N9O2/c1-34-15-16-37(27(34)39)22-3-2-12-36(18-22)23-17-31-24(25(29)38)26(33-23)32-20-4-6-21(7-5-20)35-13-9-28(10-14-35)8-11-30-19-28/h4-7,17,22,30H,2-3,8-16,18-19H2,1H3,(H2,29,38)(H,32,33). The molecule has 1 atom stereocenters. The molecule has 5 heterocycles. The Balaban J connectivity index is 1.15. The number of urea groups is 1. The summed E-state index contributed by atoms with van der Waals surface area (Å²) in [5.74, 6) is 0.395. The molecule has 6 rings (SSSR count). The SMILES string of the molecule is CN1CCN(C2CCCN(c3cnc(C(N)=O)c(Nc4ccc(N5CCC6(CCNC6)CC5)cc4)n3)C2)C1=O. The molecule has 0 aliphatic carbocycles. The van der Waals surface area contributed by atoms with Crippen molar-refractivity contribution in [3.05, 3.63) is 36.2 Å². The average Bonchev–Trinajstić information content (AvgIpc) is 3.55. The molecule has 4 aliphatic rings. The van der Waals surface area contributed by atoms with Crippen LogP contribution in [0.2, 0.25) is 0 Å².